The number of hydrogen-bond donors (Lipinski definition) is 0. The van der Waals surface area contributed by atoms with E-state index in [-0.39, 0.29) is 11.9 Å². The first kappa shape index (κ1) is 11.1. The Hall–Kier alpha value is -1.36. The van der Waals surface area contributed by atoms with Crippen molar-refractivity contribution >= 4 is 23.4 Å². The number of anilines is 1. The van der Waals surface area contributed by atoms with Gasteiger partial charge in [0.2, 0.25) is 0 Å². The number of ether oxygens (including phenoxy) is 1. The molecule has 1 fully saturated rings. The van der Waals surface area contributed by atoms with Crippen LogP contribution in [0.15, 0.2) is 12.1 Å². The van der Waals surface area contributed by atoms with Crippen LogP contribution >= 0.6 is 11.6 Å². The van der Waals surface area contributed by atoms with Gasteiger partial charge < -0.3 is 9.64 Å². The number of carbonyl (C=O) groups is 1. The van der Waals surface area contributed by atoms with Crippen molar-refractivity contribution in [1.82, 2.24) is 10.2 Å². The number of hydrogen-bond acceptors (Lipinski definition) is 5. The summed E-state index contributed by atoms with van der Waals surface area (Å²) in [4.78, 5) is 13.3. The molecule has 0 saturated carbocycles. The average molecular weight is 242 g/mol. The number of aromatic nitrogens is 2. The van der Waals surface area contributed by atoms with Gasteiger partial charge in [-0.1, -0.05) is 11.6 Å². The lowest BCUT2D eigenvalue weighted by molar-refractivity contribution is -0.144. The van der Waals surface area contributed by atoms with E-state index in [9.17, 15) is 4.79 Å². The Bertz CT molecular complexity index is 382. The number of rotatable bonds is 2. The number of nitrogens with zero attached hydrogens (tertiary/aromatic N) is 3. The lowest BCUT2D eigenvalue weighted by Gasteiger charge is -2.15. The van der Waals surface area contributed by atoms with Crippen LogP contribution in [0.5, 0.6) is 0 Å². The minimum Gasteiger partial charge on any atom is -0.469 e. The fourth-order valence-electron chi connectivity index (χ4n) is 1.81. The summed E-state index contributed by atoms with van der Waals surface area (Å²) in [5.41, 5.74) is 0. The van der Waals surface area contributed by atoms with E-state index >= 15 is 0 Å². The third-order valence-electron chi connectivity index (χ3n) is 2.66. The van der Waals surface area contributed by atoms with Crippen molar-refractivity contribution in [2.75, 3.05) is 25.1 Å². The highest BCUT2D eigenvalue weighted by Crippen LogP contribution is 2.22. The third kappa shape index (κ3) is 2.24. The molecule has 1 aromatic rings. The normalized spacial score (nSPS) is 19.9. The van der Waals surface area contributed by atoms with Crippen molar-refractivity contribution in [1.29, 1.82) is 0 Å². The van der Waals surface area contributed by atoms with Crippen LogP contribution in [0.25, 0.3) is 0 Å². The molecule has 0 aliphatic carbocycles. The van der Waals surface area contributed by atoms with Crippen molar-refractivity contribution in [3.63, 3.8) is 0 Å². The Labute approximate surface area is 98.4 Å². The van der Waals surface area contributed by atoms with Crippen LogP contribution in [-0.2, 0) is 9.53 Å². The summed E-state index contributed by atoms with van der Waals surface area (Å²) in [5.74, 6) is 0.516. The first-order chi connectivity index (χ1) is 7.70. The molecule has 0 bridgehead atoms. The Morgan fingerprint density at radius 2 is 2.38 bits per heavy atom. The Morgan fingerprint density at radius 1 is 1.56 bits per heavy atom. The Balaban J connectivity index is 2.03. The van der Waals surface area contributed by atoms with Crippen molar-refractivity contribution < 1.29 is 9.53 Å². The summed E-state index contributed by atoms with van der Waals surface area (Å²) < 4.78 is 4.71. The molecule has 0 amide bonds. The summed E-state index contributed by atoms with van der Waals surface area (Å²) in [6.07, 6.45) is 0.789. The molecular formula is C10H12ClN3O2. The molecule has 2 rings (SSSR count). The standard InChI is InChI=1S/C10H12ClN3O2/c1-16-10(15)7-4-5-14(6-7)9-3-2-8(11)12-13-9/h2-3,7H,4-6H2,1H3. The zero-order valence-electron chi connectivity index (χ0n) is 8.89. The van der Waals surface area contributed by atoms with Gasteiger partial charge >= 0.3 is 5.97 Å². The van der Waals surface area contributed by atoms with E-state index in [4.69, 9.17) is 16.3 Å². The van der Waals surface area contributed by atoms with Crippen molar-refractivity contribution in [2.24, 2.45) is 5.92 Å². The number of carbonyl (C=O) groups excluding carboxylic acids is 1. The van der Waals surface area contributed by atoms with Gasteiger partial charge in [0.1, 0.15) is 0 Å². The Morgan fingerprint density at radius 3 is 3.00 bits per heavy atom. The molecule has 0 N–H and O–H groups in total. The summed E-state index contributed by atoms with van der Waals surface area (Å²) in [5, 5.41) is 8.11. The van der Waals surface area contributed by atoms with Gasteiger partial charge in [0, 0.05) is 13.1 Å². The minimum absolute atomic E-state index is 0.0671. The number of esters is 1. The van der Waals surface area contributed by atoms with Crippen molar-refractivity contribution in [3.8, 4) is 0 Å². The molecule has 1 aliphatic rings. The van der Waals surface area contributed by atoms with Crippen molar-refractivity contribution in [2.45, 2.75) is 6.42 Å². The Kier molecular flexibility index (Phi) is 3.24. The van der Waals surface area contributed by atoms with Crippen molar-refractivity contribution in [3.05, 3.63) is 17.3 Å². The monoisotopic (exact) mass is 241 g/mol. The maximum atomic E-state index is 11.3. The second kappa shape index (κ2) is 4.65. The van der Waals surface area contributed by atoms with E-state index in [1.807, 2.05) is 4.90 Å². The fourth-order valence-corrected chi connectivity index (χ4v) is 1.91. The van der Waals surface area contributed by atoms with Crippen LogP contribution in [0.3, 0.4) is 0 Å². The topological polar surface area (TPSA) is 55.3 Å². The van der Waals surface area contributed by atoms with Crippen LogP contribution in [0.2, 0.25) is 5.15 Å². The highest BCUT2D eigenvalue weighted by molar-refractivity contribution is 6.29. The number of methoxy groups -OCH3 is 1. The predicted octanol–water partition coefficient (Wildman–Crippen LogP) is 1.13. The molecule has 16 heavy (non-hydrogen) atoms. The molecule has 1 aromatic heterocycles. The fraction of sp³-hybridized carbons (Fsp3) is 0.500. The van der Waals surface area contributed by atoms with Gasteiger partial charge in [-0.3, -0.25) is 4.79 Å². The van der Waals surface area contributed by atoms with Gasteiger partial charge in [-0.2, -0.15) is 0 Å². The maximum absolute atomic E-state index is 11.3. The molecule has 0 aromatic carbocycles. The summed E-state index contributed by atoms with van der Waals surface area (Å²) in [6.45, 7) is 1.42. The van der Waals surface area contributed by atoms with E-state index in [1.165, 1.54) is 7.11 Å². The second-order valence-corrected chi connectivity index (χ2v) is 4.06. The van der Waals surface area contributed by atoms with E-state index in [2.05, 4.69) is 10.2 Å². The molecule has 1 unspecified atom stereocenters. The molecule has 1 aliphatic heterocycles. The number of halogens is 1. The summed E-state index contributed by atoms with van der Waals surface area (Å²) in [7, 11) is 1.41. The molecule has 0 radical (unpaired) electrons. The van der Waals surface area contributed by atoms with Gasteiger partial charge in [0.05, 0.1) is 13.0 Å². The smallest absolute Gasteiger partial charge is 0.310 e. The third-order valence-corrected chi connectivity index (χ3v) is 2.87. The van der Waals surface area contributed by atoms with E-state index in [1.54, 1.807) is 12.1 Å². The zero-order chi connectivity index (χ0) is 11.5. The average Bonchev–Trinajstić information content (AvgIpc) is 2.78. The first-order valence-corrected chi connectivity index (χ1v) is 5.40. The van der Waals surface area contributed by atoms with E-state index < -0.39 is 0 Å². The van der Waals surface area contributed by atoms with E-state index in [0.717, 1.165) is 18.8 Å². The molecule has 1 saturated heterocycles. The first-order valence-electron chi connectivity index (χ1n) is 5.02. The molecule has 1 atom stereocenters. The van der Waals surface area contributed by atoms with Gasteiger partial charge in [0.25, 0.3) is 0 Å². The molecular weight excluding hydrogens is 230 g/mol. The molecule has 2 heterocycles. The molecule has 6 heteroatoms. The van der Waals surface area contributed by atoms with Gasteiger partial charge in [-0.25, -0.2) is 0 Å². The SMILES string of the molecule is COC(=O)C1CCN(c2ccc(Cl)nn2)C1. The highest BCUT2D eigenvalue weighted by Gasteiger charge is 2.29. The molecule has 0 spiro atoms. The predicted molar refractivity (Wildman–Crippen MR) is 59.4 cm³/mol. The second-order valence-electron chi connectivity index (χ2n) is 3.67. The van der Waals surface area contributed by atoms with Gasteiger partial charge in [0.15, 0.2) is 11.0 Å². The summed E-state index contributed by atoms with van der Waals surface area (Å²) in [6, 6.07) is 3.49. The molecule has 5 nitrogen and oxygen atoms in total. The summed E-state index contributed by atoms with van der Waals surface area (Å²) >= 11 is 5.65. The van der Waals surface area contributed by atoms with Crippen LogP contribution in [-0.4, -0.2) is 36.4 Å². The van der Waals surface area contributed by atoms with Crippen LogP contribution in [0, 0.1) is 5.92 Å². The molecule has 86 valence electrons. The largest absolute Gasteiger partial charge is 0.469 e. The van der Waals surface area contributed by atoms with Crippen LogP contribution < -0.4 is 4.90 Å². The van der Waals surface area contributed by atoms with E-state index in [0.29, 0.717) is 11.7 Å². The van der Waals surface area contributed by atoms with Gasteiger partial charge in [-0.15, -0.1) is 10.2 Å². The van der Waals surface area contributed by atoms with Gasteiger partial charge in [-0.05, 0) is 18.6 Å². The lowest BCUT2D eigenvalue weighted by atomic mass is 10.1. The van der Waals surface area contributed by atoms with Crippen LogP contribution in [0.1, 0.15) is 6.42 Å². The minimum atomic E-state index is -0.163. The quantitative estimate of drug-likeness (QED) is 0.727. The zero-order valence-corrected chi connectivity index (χ0v) is 9.65. The highest BCUT2D eigenvalue weighted by atomic mass is 35.5. The lowest BCUT2D eigenvalue weighted by Crippen LogP contribution is -2.24. The maximum Gasteiger partial charge on any atom is 0.310 e. The van der Waals surface area contributed by atoms with Crippen LogP contribution in [0.4, 0.5) is 5.82 Å².